The van der Waals surface area contributed by atoms with Crippen LogP contribution >= 0.6 is 0 Å². The van der Waals surface area contributed by atoms with E-state index in [1.54, 1.807) is 0 Å². The fraction of sp³-hybridized carbons (Fsp3) is 0.222. The summed E-state index contributed by atoms with van der Waals surface area (Å²) in [4.78, 5) is 0. The Kier molecular flexibility index (Phi) is 4.40. The minimum absolute atomic E-state index is 0.873. The summed E-state index contributed by atoms with van der Waals surface area (Å²) in [5.41, 5.74) is 19.7. The van der Waals surface area contributed by atoms with E-state index in [4.69, 9.17) is 5.43 Å². The van der Waals surface area contributed by atoms with E-state index in [1.807, 2.05) is 13.8 Å². The maximum atomic E-state index is 4.98. The molecular formula is C27H26N4. The molecule has 5 rings (SSSR count). The minimum atomic E-state index is 0.873. The van der Waals surface area contributed by atoms with Gasteiger partial charge in [0.05, 0.1) is 11.3 Å². The standard InChI is InChI=1S/C27H26N4/c1-15-16(2)20(6)31(30-17(15)3)27-19(5)29-28-18(4)25(27)26-23-13-9-7-11-21(23)22-12-8-10-14-24(22)26/h7-14H,1-6H3/b31-27-. The van der Waals surface area contributed by atoms with Crippen molar-refractivity contribution in [2.75, 3.05) is 0 Å². The Morgan fingerprint density at radius 3 is 1.71 bits per heavy atom. The Balaban J connectivity index is 1.91. The topological polar surface area (TPSA) is 41.8 Å². The van der Waals surface area contributed by atoms with Crippen molar-refractivity contribution in [3.63, 3.8) is 0 Å². The van der Waals surface area contributed by atoms with Crippen LogP contribution in [0, 0.1) is 0 Å². The first-order chi connectivity index (χ1) is 14.9. The van der Waals surface area contributed by atoms with Crippen LogP contribution in [0.4, 0.5) is 0 Å². The summed E-state index contributed by atoms with van der Waals surface area (Å²) in [5, 5.41) is 9.03. The van der Waals surface area contributed by atoms with Gasteiger partial charge in [0.15, 0.2) is 5.70 Å². The number of nitrogens with zero attached hydrogens (tertiary/aromatic N) is 4. The van der Waals surface area contributed by atoms with Crippen LogP contribution in [0.25, 0.3) is 22.1 Å². The molecule has 0 unspecified atom stereocenters. The van der Waals surface area contributed by atoms with Gasteiger partial charge in [-0.05, 0) is 49.9 Å². The van der Waals surface area contributed by atoms with Crippen LogP contribution in [-0.2, 0) is 0 Å². The average Bonchev–Trinajstić information content (AvgIpc) is 3.11. The molecule has 4 heteroatoms. The van der Waals surface area contributed by atoms with Gasteiger partial charge in [-0.2, -0.15) is 5.10 Å². The van der Waals surface area contributed by atoms with Gasteiger partial charge in [-0.1, -0.05) is 61.0 Å². The summed E-state index contributed by atoms with van der Waals surface area (Å²) < 4.78 is 2.07. The lowest BCUT2D eigenvalue weighted by molar-refractivity contribution is -0.420. The summed E-state index contributed by atoms with van der Waals surface area (Å²) in [6.07, 6.45) is 0. The molecule has 1 aliphatic carbocycles. The number of allylic oxidation sites excluding steroid dienone is 5. The van der Waals surface area contributed by atoms with E-state index in [-0.39, 0.29) is 0 Å². The number of fused-ring (bicyclic) bond motifs is 3. The third-order valence-electron chi connectivity index (χ3n) is 6.65. The van der Waals surface area contributed by atoms with Crippen molar-refractivity contribution in [1.82, 2.24) is 0 Å². The normalized spacial score (nSPS) is 20.5. The van der Waals surface area contributed by atoms with E-state index in [9.17, 15) is 0 Å². The zero-order chi connectivity index (χ0) is 21.9. The molecule has 2 heterocycles. The summed E-state index contributed by atoms with van der Waals surface area (Å²) >= 11 is 0. The first kappa shape index (κ1) is 19.4. The molecular weight excluding hydrogens is 380 g/mol. The molecule has 2 aromatic carbocycles. The zero-order valence-electron chi connectivity index (χ0n) is 18.9. The largest absolute Gasteiger partial charge is 0.408 e. The molecule has 154 valence electrons. The van der Waals surface area contributed by atoms with Crippen molar-refractivity contribution in [2.45, 2.75) is 41.5 Å². The van der Waals surface area contributed by atoms with E-state index >= 15 is 0 Å². The molecule has 31 heavy (non-hydrogen) atoms. The van der Waals surface area contributed by atoms with Crippen molar-refractivity contribution in [1.29, 1.82) is 0 Å². The maximum absolute atomic E-state index is 4.98. The van der Waals surface area contributed by atoms with Crippen molar-refractivity contribution >= 4 is 22.7 Å². The quantitative estimate of drug-likeness (QED) is 0.375. The predicted octanol–water partition coefficient (Wildman–Crippen LogP) is 6.66. The van der Waals surface area contributed by atoms with Gasteiger partial charge in [0.1, 0.15) is 5.71 Å². The Morgan fingerprint density at radius 1 is 0.613 bits per heavy atom. The highest BCUT2D eigenvalue weighted by molar-refractivity contribution is 6.55. The molecule has 0 aromatic heterocycles. The predicted molar refractivity (Wildman–Crippen MR) is 129 cm³/mol. The van der Waals surface area contributed by atoms with Crippen LogP contribution in [0.5, 0.6) is 0 Å². The first-order valence-corrected chi connectivity index (χ1v) is 10.7. The lowest BCUT2D eigenvalue weighted by atomic mass is 9.89. The third-order valence-corrected chi connectivity index (χ3v) is 6.65. The number of rotatable bonds is 0. The Morgan fingerprint density at radius 2 is 1.13 bits per heavy atom. The lowest BCUT2D eigenvalue weighted by Crippen LogP contribution is -2.32. The summed E-state index contributed by atoms with van der Waals surface area (Å²) in [7, 11) is 0. The zero-order valence-corrected chi connectivity index (χ0v) is 18.9. The van der Waals surface area contributed by atoms with Gasteiger partial charge in [-0.25, -0.2) is 4.68 Å². The first-order valence-electron chi connectivity index (χ1n) is 10.7. The molecule has 0 fully saturated rings. The molecule has 0 N–H and O–H groups in total. The van der Waals surface area contributed by atoms with E-state index in [0.717, 1.165) is 34.1 Å². The van der Waals surface area contributed by atoms with Crippen molar-refractivity contribution in [2.24, 2.45) is 10.2 Å². The molecule has 2 aromatic rings. The fourth-order valence-electron chi connectivity index (χ4n) is 4.66. The van der Waals surface area contributed by atoms with Crippen molar-refractivity contribution in [3.05, 3.63) is 93.2 Å². The SMILES string of the molecule is CC1=NN=C(C)/C(=[N+]2/[N-]C(C)=C(C)C(C)=C2C)C1=C1c2ccccc2-c2ccccc21. The van der Waals surface area contributed by atoms with Crippen LogP contribution < -0.4 is 0 Å². The highest BCUT2D eigenvalue weighted by Crippen LogP contribution is 2.46. The van der Waals surface area contributed by atoms with Gasteiger partial charge in [0.25, 0.3) is 0 Å². The van der Waals surface area contributed by atoms with Gasteiger partial charge < -0.3 is 5.43 Å². The second-order valence-electron chi connectivity index (χ2n) is 8.39. The highest BCUT2D eigenvalue weighted by Gasteiger charge is 2.35. The van der Waals surface area contributed by atoms with Gasteiger partial charge in [-0.3, -0.25) is 0 Å². The van der Waals surface area contributed by atoms with Crippen LogP contribution in [0.3, 0.4) is 0 Å². The highest BCUT2D eigenvalue weighted by atomic mass is 15.5. The molecule has 2 aliphatic heterocycles. The van der Waals surface area contributed by atoms with Crippen LogP contribution in [0.15, 0.2) is 86.8 Å². The van der Waals surface area contributed by atoms with Gasteiger partial charge in [0.2, 0.25) is 5.71 Å². The van der Waals surface area contributed by atoms with Crippen LogP contribution in [-0.4, -0.2) is 21.8 Å². The summed E-state index contributed by atoms with van der Waals surface area (Å²) in [6.45, 7) is 12.6. The second-order valence-corrected chi connectivity index (χ2v) is 8.39. The number of hydrogen-bond acceptors (Lipinski definition) is 2. The second kappa shape index (κ2) is 7.02. The van der Waals surface area contributed by atoms with Crippen LogP contribution in [0.2, 0.25) is 0 Å². The lowest BCUT2D eigenvalue weighted by Gasteiger charge is -2.31. The maximum Gasteiger partial charge on any atom is 0.234 e. The number of hydrogen-bond donors (Lipinski definition) is 0. The van der Waals surface area contributed by atoms with Gasteiger partial charge in [-0.15, -0.1) is 10.8 Å². The van der Waals surface area contributed by atoms with Gasteiger partial charge in [0, 0.05) is 18.1 Å². The van der Waals surface area contributed by atoms with E-state index < -0.39 is 0 Å². The Bertz CT molecular complexity index is 1300. The van der Waals surface area contributed by atoms with Crippen molar-refractivity contribution in [3.8, 4) is 11.1 Å². The van der Waals surface area contributed by atoms with E-state index in [2.05, 4.69) is 91.1 Å². The molecule has 0 atom stereocenters. The van der Waals surface area contributed by atoms with Crippen molar-refractivity contribution < 1.29 is 4.68 Å². The smallest absolute Gasteiger partial charge is 0.234 e. The minimum Gasteiger partial charge on any atom is -0.408 e. The molecule has 0 saturated heterocycles. The molecule has 0 saturated carbocycles. The Hall–Kier alpha value is -3.53. The Labute approximate surface area is 183 Å². The molecule has 0 spiro atoms. The van der Waals surface area contributed by atoms with Gasteiger partial charge >= 0.3 is 0 Å². The number of benzene rings is 2. The molecule has 3 aliphatic rings. The molecule has 0 amide bonds. The molecule has 0 radical (unpaired) electrons. The fourth-order valence-corrected chi connectivity index (χ4v) is 4.66. The monoisotopic (exact) mass is 406 g/mol. The molecule has 4 nitrogen and oxygen atoms in total. The summed E-state index contributed by atoms with van der Waals surface area (Å²) in [6, 6.07) is 17.3. The average molecular weight is 407 g/mol. The van der Waals surface area contributed by atoms with Crippen LogP contribution in [0.1, 0.15) is 52.7 Å². The van der Waals surface area contributed by atoms with E-state index in [1.165, 1.54) is 39.0 Å². The molecule has 0 bridgehead atoms. The third kappa shape index (κ3) is 2.78. The summed E-state index contributed by atoms with van der Waals surface area (Å²) in [5.74, 6) is 0. The van der Waals surface area contributed by atoms with E-state index in [0.29, 0.717) is 0 Å².